The molecule has 6 heteroatoms. The minimum Gasteiger partial charge on any atom is -0.438 e. The molecule has 15 heavy (non-hydrogen) atoms. The molecule has 0 rings (SSSR count). The van der Waals surface area contributed by atoms with Crippen LogP contribution in [0.2, 0.25) is 0 Å². The molecule has 0 aromatic carbocycles. The fourth-order valence-corrected chi connectivity index (χ4v) is 0.535. The summed E-state index contributed by atoms with van der Waals surface area (Å²) in [5, 5.41) is 0. The van der Waals surface area contributed by atoms with E-state index in [1.54, 1.807) is 0 Å². The van der Waals surface area contributed by atoms with Gasteiger partial charge in [0.25, 0.3) is 5.92 Å². The van der Waals surface area contributed by atoms with Gasteiger partial charge in [-0.2, -0.15) is 0 Å². The van der Waals surface area contributed by atoms with E-state index in [0.29, 0.717) is 0 Å². The number of halogens is 2. The molecule has 0 bridgehead atoms. The maximum atomic E-state index is 13.2. The van der Waals surface area contributed by atoms with Crippen molar-refractivity contribution in [2.75, 3.05) is 20.5 Å². The topological polar surface area (TPSA) is 44.8 Å². The van der Waals surface area contributed by atoms with Gasteiger partial charge in [0.1, 0.15) is 6.61 Å². The van der Waals surface area contributed by atoms with Gasteiger partial charge < -0.3 is 14.2 Å². The molecule has 0 heterocycles. The lowest BCUT2D eigenvalue weighted by Crippen LogP contribution is -2.38. The largest absolute Gasteiger partial charge is 0.510 e. The number of carbonyl (C=O) groups is 1. The van der Waals surface area contributed by atoms with Crippen LogP contribution in [0.5, 0.6) is 0 Å². The molecular weight excluding hydrogens is 210 g/mol. The maximum absolute atomic E-state index is 13.2. The van der Waals surface area contributed by atoms with Crippen LogP contribution in [0.3, 0.4) is 0 Å². The van der Waals surface area contributed by atoms with E-state index in [0.717, 1.165) is 7.11 Å². The summed E-state index contributed by atoms with van der Waals surface area (Å²) in [5.41, 5.74) is -1.20. The maximum Gasteiger partial charge on any atom is 0.510 e. The fourth-order valence-electron chi connectivity index (χ4n) is 0.535. The summed E-state index contributed by atoms with van der Waals surface area (Å²) in [6.07, 6.45) is -0.964. The van der Waals surface area contributed by atoms with E-state index < -0.39 is 30.9 Å². The lowest BCUT2D eigenvalue weighted by molar-refractivity contribution is -0.168. The number of carbonyl (C=O) groups excluding carboxylic acids is 1. The molecule has 0 N–H and O–H groups in total. The number of ether oxygens (including phenoxy) is 3. The highest BCUT2D eigenvalue weighted by Gasteiger charge is 2.43. The molecule has 90 valence electrons. The Balaban J connectivity index is 3.82. The Kier molecular flexibility index (Phi) is 4.93. The lowest BCUT2D eigenvalue weighted by atomic mass is 9.89. The van der Waals surface area contributed by atoms with Crippen molar-refractivity contribution in [3.8, 4) is 0 Å². The molecule has 0 aliphatic carbocycles. The van der Waals surface area contributed by atoms with Crippen LogP contribution >= 0.6 is 0 Å². The molecule has 0 saturated heterocycles. The van der Waals surface area contributed by atoms with Gasteiger partial charge >= 0.3 is 6.16 Å². The van der Waals surface area contributed by atoms with Crippen LogP contribution in [0.15, 0.2) is 0 Å². The first-order valence-corrected chi connectivity index (χ1v) is 4.37. The smallest absolute Gasteiger partial charge is 0.438 e. The Morgan fingerprint density at radius 2 is 1.80 bits per heavy atom. The van der Waals surface area contributed by atoms with Crippen molar-refractivity contribution in [1.82, 2.24) is 0 Å². The van der Waals surface area contributed by atoms with Crippen molar-refractivity contribution in [2.24, 2.45) is 5.41 Å². The van der Waals surface area contributed by atoms with Crippen molar-refractivity contribution < 1.29 is 27.8 Å². The zero-order valence-corrected chi connectivity index (χ0v) is 9.30. The fraction of sp³-hybridized carbons (Fsp3) is 0.889. The van der Waals surface area contributed by atoms with Crippen LogP contribution in [0.25, 0.3) is 0 Å². The Labute approximate surface area is 87.5 Å². The van der Waals surface area contributed by atoms with E-state index in [2.05, 4.69) is 14.2 Å². The summed E-state index contributed by atoms with van der Waals surface area (Å²) >= 11 is 0. The van der Waals surface area contributed by atoms with Gasteiger partial charge in [-0.3, -0.25) is 0 Å². The van der Waals surface area contributed by atoms with Gasteiger partial charge in [0, 0.05) is 5.41 Å². The third-order valence-electron chi connectivity index (χ3n) is 1.81. The Morgan fingerprint density at radius 3 is 2.20 bits per heavy atom. The molecule has 0 amide bonds. The highest BCUT2D eigenvalue weighted by atomic mass is 19.3. The van der Waals surface area contributed by atoms with Gasteiger partial charge in [-0.05, 0) is 0 Å². The molecule has 0 saturated carbocycles. The van der Waals surface area contributed by atoms with Crippen molar-refractivity contribution in [2.45, 2.75) is 26.7 Å². The average Bonchev–Trinajstić information content (AvgIpc) is 2.10. The predicted octanol–water partition coefficient (Wildman–Crippen LogP) is 2.42. The van der Waals surface area contributed by atoms with Gasteiger partial charge in [-0.15, -0.1) is 0 Å². The number of hydrogen-bond donors (Lipinski definition) is 0. The summed E-state index contributed by atoms with van der Waals surface area (Å²) in [6.45, 7) is 2.86. The standard InChI is InChI=1S/C9H16F2O4/c1-8(2,3)9(10,11)5-14-6-15-7(12)13-4/h5-6H2,1-4H3. The first-order chi connectivity index (χ1) is 6.70. The Morgan fingerprint density at radius 1 is 1.27 bits per heavy atom. The van der Waals surface area contributed by atoms with Crippen LogP contribution in [-0.4, -0.2) is 32.6 Å². The lowest BCUT2D eigenvalue weighted by Gasteiger charge is -2.29. The van der Waals surface area contributed by atoms with Crippen molar-refractivity contribution in [3.63, 3.8) is 0 Å². The number of methoxy groups -OCH3 is 1. The van der Waals surface area contributed by atoms with Crippen LogP contribution in [0, 0.1) is 5.41 Å². The summed E-state index contributed by atoms with van der Waals surface area (Å²) in [7, 11) is 1.12. The molecule has 0 aromatic heterocycles. The SMILES string of the molecule is COC(=O)OCOCC(F)(F)C(C)(C)C. The van der Waals surface area contributed by atoms with E-state index in [4.69, 9.17) is 0 Å². The molecular formula is C9H16F2O4. The first kappa shape index (κ1) is 14.1. The zero-order chi connectivity index (χ0) is 12.1. The summed E-state index contributed by atoms with van der Waals surface area (Å²) in [4.78, 5) is 10.4. The molecule has 0 unspecified atom stereocenters. The highest BCUT2D eigenvalue weighted by Crippen LogP contribution is 2.35. The van der Waals surface area contributed by atoms with E-state index >= 15 is 0 Å². The normalized spacial score (nSPS) is 12.4. The molecule has 4 nitrogen and oxygen atoms in total. The van der Waals surface area contributed by atoms with E-state index in [9.17, 15) is 13.6 Å². The Hall–Kier alpha value is -0.910. The second-order valence-corrected chi connectivity index (χ2v) is 4.02. The van der Waals surface area contributed by atoms with Gasteiger partial charge in [0.15, 0.2) is 6.79 Å². The second kappa shape index (κ2) is 5.25. The monoisotopic (exact) mass is 226 g/mol. The summed E-state index contributed by atoms with van der Waals surface area (Å²) < 4.78 is 39.4. The highest BCUT2D eigenvalue weighted by molar-refractivity contribution is 5.59. The molecule has 0 aromatic rings. The van der Waals surface area contributed by atoms with Crippen LogP contribution in [-0.2, 0) is 14.2 Å². The van der Waals surface area contributed by atoms with Gasteiger partial charge in [0.05, 0.1) is 7.11 Å². The quantitative estimate of drug-likeness (QED) is 0.419. The third-order valence-corrected chi connectivity index (χ3v) is 1.81. The van der Waals surface area contributed by atoms with E-state index in [1.807, 2.05) is 0 Å². The summed E-state index contributed by atoms with van der Waals surface area (Å²) in [5.74, 6) is -2.98. The molecule has 0 aliphatic rings. The predicted molar refractivity (Wildman–Crippen MR) is 48.7 cm³/mol. The number of alkyl halides is 2. The second-order valence-electron chi connectivity index (χ2n) is 4.02. The van der Waals surface area contributed by atoms with Gasteiger partial charge in [0.2, 0.25) is 0 Å². The van der Waals surface area contributed by atoms with Crippen molar-refractivity contribution in [1.29, 1.82) is 0 Å². The Bertz CT molecular complexity index is 211. The minimum absolute atomic E-state index is 0.543. The molecule has 0 atom stereocenters. The number of rotatable bonds is 4. The van der Waals surface area contributed by atoms with E-state index in [-0.39, 0.29) is 0 Å². The third kappa shape index (κ3) is 4.92. The minimum atomic E-state index is -2.98. The van der Waals surface area contributed by atoms with Crippen molar-refractivity contribution in [3.05, 3.63) is 0 Å². The van der Waals surface area contributed by atoms with Crippen molar-refractivity contribution >= 4 is 6.16 Å². The first-order valence-electron chi connectivity index (χ1n) is 4.37. The van der Waals surface area contributed by atoms with E-state index in [1.165, 1.54) is 20.8 Å². The molecule has 0 spiro atoms. The number of hydrogen-bond acceptors (Lipinski definition) is 4. The average molecular weight is 226 g/mol. The van der Waals surface area contributed by atoms with Crippen LogP contribution in [0.1, 0.15) is 20.8 Å². The van der Waals surface area contributed by atoms with Crippen LogP contribution < -0.4 is 0 Å². The molecule has 0 aliphatic heterocycles. The molecule has 0 fully saturated rings. The zero-order valence-electron chi connectivity index (χ0n) is 9.30. The van der Waals surface area contributed by atoms with Crippen LogP contribution in [0.4, 0.5) is 13.6 Å². The summed E-state index contributed by atoms with van der Waals surface area (Å²) in [6, 6.07) is 0. The molecule has 0 radical (unpaired) electrons. The van der Waals surface area contributed by atoms with Gasteiger partial charge in [-0.1, -0.05) is 20.8 Å². The van der Waals surface area contributed by atoms with Gasteiger partial charge in [-0.25, -0.2) is 13.6 Å².